The lowest BCUT2D eigenvalue weighted by Gasteiger charge is -2.13. The third-order valence-corrected chi connectivity index (χ3v) is 3.37. The highest BCUT2D eigenvalue weighted by molar-refractivity contribution is 9.10. The maximum atomic E-state index is 12.4. The third kappa shape index (κ3) is 5.45. The molecule has 0 aliphatic carbocycles. The maximum Gasteiger partial charge on any atom is 0.573 e. The Hall–Kier alpha value is -2.22. The number of benzene rings is 1. The van der Waals surface area contributed by atoms with Gasteiger partial charge in [-0.1, -0.05) is 18.2 Å². The third-order valence-electron chi connectivity index (χ3n) is 2.95. The molecule has 8 heteroatoms. The number of likely N-dealkylation sites (N-methyl/N-ethyl adjacent to an activating group) is 1. The van der Waals surface area contributed by atoms with Gasteiger partial charge in [-0.05, 0) is 40.2 Å². The highest BCUT2D eigenvalue weighted by Crippen LogP contribution is 2.27. The van der Waals surface area contributed by atoms with Crippen molar-refractivity contribution in [1.82, 2.24) is 4.90 Å². The number of hydrogen-bond acceptors (Lipinski definition) is 3. The van der Waals surface area contributed by atoms with Crippen LogP contribution in [0.3, 0.4) is 0 Å². The van der Waals surface area contributed by atoms with Crippen LogP contribution in [0.4, 0.5) is 13.2 Å². The first-order chi connectivity index (χ1) is 11.2. The van der Waals surface area contributed by atoms with Gasteiger partial charge in [-0.25, -0.2) is 0 Å². The number of hydrogen-bond donors (Lipinski definition) is 0. The number of amides is 1. The second-order valence-corrected chi connectivity index (χ2v) is 5.60. The van der Waals surface area contributed by atoms with Crippen LogP contribution in [0, 0.1) is 0 Å². The van der Waals surface area contributed by atoms with Crippen molar-refractivity contribution in [3.05, 3.63) is 58.5 Å². The zero-order valence-corrected chi connectivity index (χ0v) is 14.1. The van der Waals surface area contributed by atoms with Crippen LogP contribution in [0.25, 0.3) is 6.08 Å². The van der Waals surface area contributed by atoms with Crippen molar-refractivity contribution in [2.75, 3.05) is 7.05 Å². The molecule has 0 bridgehead atoms. The fraction of sp³-hybridized carbons (Fsp3) is 0.188. The van der Waals surface area contributed by atoms with Crippen LogP contribution in [0.5, 0.6) is 5.75 Å². The van der Waals surface area contributed by atoms with Gasteiger partial charge in [-0.2, -0.15) is 0 Å². The highest BCUT2D eigenvalue weighted by atomic mass is 79.9. The molecule has 2 rings (SSSR count). The molecular weight excluding hydrogens is 391 g/mol. The van der Waals surface area contributed by atoms with Crippen molar-refractivity contribution in [2.45, 2.75) is 12.9 Å². The molecule has 0 saturated heterocycles. The molecule has 1 aromatic carbocycles. The van der Waals surface area contributed by atoms with Crippen LogP contribution in [-0.2, 0) is 11.3 Å². The number of rotatable bonds is 5. The van der Waals surface area contributed by atoms with Crippen LogP contribution in [-0.4, -0.2) is 24.2 Å². The fourth-order valence-corrected chi connectivity index (χ4v) is 2.21. The molecule has 2 aromatic rings. The number of alkyl halides is 3. The molecule has 0 fully saturated rings. The van der Waals surface area contributed by atoms with E-state index in [9.17, 15) is 18.0 Å². The van der Waals surface area contributed by atoms with Gasteiger partial charge in [-0.15, -0.1) is 13.2 Å². The minimum atomic E-state index is -4.79. The van der Waals surface area contributed by atoms with Gasteiger partial charge in [0.05, 0.1) is 6.54 Å². The van der Waals surface area contributed by atoms with Crippen molar-refractivity contribution >= 4 is 27.9 Å². The summed E-state index contributed by atoms with van der Waals surface area (Å²) in [6.07, 6.45) is -2.34. The molecule has 0 spiro atoms. The first-order valence-corrected chi connectivity index (χ1v) is 7.56. The predicted molar refractivity (Wildman–Crippen MR) is 85.0 cm³/mol. The van der Waals surface area contributed by atoms with Gasteiger partial charge >= 0.3 is 6.36 Å². The van der Waals surface area contributed by atoms with Gasteiger partial charge in [-0.3, -0.25) is 4.79 Å². The predicted octanol–water partition coefficient (Wildman–Crippen LogP) is 4.61. The fourth-order valence-electron chi connectivity index (χ4n) is 1.87. The van der Waals surface area contributed by atoms with Crippen LogP contribution in [0.15, 0.2) is 51.6 Å². The summed E-state index contributed by atoms with van der Waals surface area (Å²) < 4.78 is 46.8. The quantitative estimate of drug-likeness (QED) is 0.684. The Kier molecular flexibility index (Phi) is 5.71. The molecule has 0 saturated carbocycles. The zero-order chi connectivity index (χ0) is 17.7. The molecule has 0 N–H and O–H groups in total. The Morgan fingerprint density at radius 1 is 1.29 bits per heavy atom. The molecule has 1 amide bonds. The number of para-hydroxylation sites is 1. The molecule has 128 valence electrons. The maximum absolute atomic E-state index is 12.4. The molecule has 1 aromatic heterocycles. The van der Waals surface area contributed by atoms with Crippen LogP contribution < -0.4 is 4.74 Å². The summed E-state index contributed by atoms with van der Waals surface area (Å²) in [5, 5.41) is 0. The minimum absolute atomic E-state index is 0.150. The number of furan rings is 1. The van der Waals surface area contributed by atoms with Crippen molar-refractivity contribution in [3.8, 4) is 5.75 Å². The average molecular weight is 404 g/mol. The first-order valence-electron chi connectivity index (χ1n) is 6.77. The molecular formula is C16H13BrF3NO3. The van der Waals surface area contributed by atoms with E-state index in [0.29, 0.717) is 10.4 Å². The second kappa shape index (κ2) is 7.57. The summed E-state index contributed by atoms with van der Waals surface area (Å²) in [5.74, 6) is -0.178. The first kappa shape index (κ1) is 18.1. The van der Waals surface area contributed by atoms with Crippen molar-refractivity contribution in [1.29, 1.82) is 0 Å². The number of nitrogens with zero attached hydrogens (tertiary/aromatic N) is 1. The summed E-state index contributed by atoms with van der Waals surface area (Å²) in [5.41, 5.74) is 0.150. The van der Waals surface area contributed by atoms with Crippen LogP contribution >= 0.6 is 15.9 Å². The van der Waals surface area contributed by atoms with Gasteiger partial charge in [0, 0.05) is 18.7 Å². The van der Waals surface area contributed by atoms with Crippen LogP contribution in [0.2, 0.25) is 0 Å². The SMILES string of the molecule is CN(Cc1ccc(Br)o1)C(=O)/C=C/c1ccccc1OC(F)(F)F. The Balaban J connectivity index is 2.05. The highest BCUT2D eigenvalue weighted by Gasteiger charge is 2.31. The Morgan fingerprint density at radius 2 is 2.00 bits per heavy atom. The number of halogens is 4. The number of ether oxygens (including phenoxy) is 1. The lowest BCUT2D eigenvalue weighted by atomic mass is 10.2. The van der Waals surface area contributed by atoms with E-state index in [0.717, 1.165) is 0 Å². The van der Waals surface area contributed by atoms with Crippen molar-refractivity contribution in [3.63, 3.8) is 0 Å². The van der Waals surface area contributed by atoms with E-state index in [2.05, 4.69) is 20.7 Å². The Bertz CT molecular complexity index is 740. The lowest BCUT2D eigenvalue weighted by molar-refractivity contribution is -0.274. The van der Waals surface area contributed by atoms with E-state index in [1.165, 1.54) is 35.3 Å². The summed E-state index contributed by atoms with van der Waals surface area (Å²) in [6, 6.07) is 8.99. The monoisotopic (exact) mass is 403 g/mol. The van der Waals surface area contributed by atoms with Crippen LogP contribution in [0.1, 0.15) is 11.3 Å². The van der Waals surface area contributed by atoms with Crippen molar-refractivity contribution < 1.29 is 27.1 Å². The van der Waals surface area contributed by atoms with E-state index < -0.39 is 6.36 Å². The average Bonchev–Trinajstić information content (AvgIpc) is 2.89. The Morgan fingerprint density at radius 3 is 2.62 bits per heavy atom. The summed E-state index contributed by atoms with van der Waals surface area (Å²) >= 11 is 3.16. The van der Waals surface area contributed by atoms with Crippen molar-refractivity contribution in [2.24, 2.45) is 0 Å². The zero-order valence-electron chi connectivity index (χ0n) is 12.5. The van der Waals surface area contributed by atoms with Gasteiger partial charge in [0.25, 0.3) is 0 Å². The van der Waals surface area contributed by atoms with Gasteiger partial charge in [0.2, 0.25) is 5.91 Å². The standard InChI is InChI=1S/C16H13BrF3NO3/c1-21(10-12-7-8-14(17)23-12)15(22)9-6-11-4-2-3-5-13(11)24-16(18,19)20/h2-9H,10H2,1H3/b9-6+. The van der Waals surface area contributed by atoms with Gasteiger partial charge in [0.1, 0.15) is 11.5 Å². The molecule has 1 heterocycles. The Labute approximate surface area is 144 Å². The second-order valence-electron chi connectivity index (χ2n) is 4.82. The van der Waals surface area contributed by atoms with E-state index in [4.69, 9.17) is 4.42 Å². The molecule has 0 unspecified atom stereocenters. The largest absolute Gasteiger partial charge is 0.573 e. The van der Waals surface area contributed by atoms with E-state index in [-0.39, 0.29) is 23.8 Å². The molecule has 0 radical (unpaired) electrons. The normalized spacial score (nSPS) is 11.7. The minimum Gasteiger partial charge on any atom is -0.452 e. The smallest absolute Gasteiger partial charge is 0.452 e. The van der Waals surface area contributed by atoms with E-state index >= 15 is 0 Å². The number of carbonyl (C=O) groups excluding carboxylic acids is 1. The van der Waals surface area contributed by atoms with E-state index in [1.54, 1.807) is 25.2 Å². The van der Waals surface area contributed by atoms with E-state index in [1.807, 2.05) is 0 Å². The topological polar surface area (TPSA) is 42.7 Å². The summed E-state index contributed by atoms with van der Waals surface area (Å²) in [7, 11) is 1.56. The van der Waals surface area contributed by atoms with Gasteiger partial charge in [0.15, 0.2) is 4.67 Å². The molecule has 24 heavy (non-hydrogen) atoms. The summed E-state index contributed by atoms with van der Waals surface area (Å²) in [4.78, 5) is 13.4. The molecule has 0 atom stereocenters. The van der Waals surface area contributed by atoms with Gasteiger partial charge < -0.3 is 14.1 Å². The molecule has 0 aliphatic rings. The molecule has 0 aliphatic heterocycles. The lowest BCUT2D eigenvalue weighted by Crippen LogP contribution is -2.23. The number of carbonyl (C=O) groups is 1. The summed E-state index contributed by atoms with van der Waals surface area (Å²) in [6.45, 7) is 0.232. The molecule has 4 nitrogen and oxygen atoms in total.